The number of hydrogen-bond acceptors (Lipinski definition) is 5. The quantitative estimate of drug-likeness (QED) is 0.389. The van der Waals surface area contributed by atoms with Gasteiger partial charge in [0.25, 0.3) is 0 Å². The van der Waals surface area contributed by atoms with Crippen LogP contribution < -0.4 is 10.6 Å². The molecule has 1 heterocycles. The molecule has 1 fully saturated rings. The number of hydrogen-bond donors (Lipinski definition) is 3. The summed E-state index contributed by atoms with van der Waals surface area (Å²) in [7, 11) is 1.56. The molecule has 3 amide bonds. The molecule has 0 radical (unpaired) electrons. The molecule has 3 atom stereocenters. The Balaban J connectivity index is 1.68. The number of halogens is 2. The van der Waals surface area contributed by atoms with Crippen molar-refractivity contribution in [3.8, 4) is 0 Å². The Morgan fingerprint density at radius 1 is 1.08 bits per heavy atom. The van der Waals surface area contributed by atoms with Gasteiger partial charge in [-0.3, -0.25) is 14.4 Å². The third-order valence-electron chi connectivity index (χ3n) is 6.78. The predicted molar refractivity (Wildman–Crippen MR) is 139 cm³/mol. The molecule has 0 aromatic heterocycles. The highest BCUT2D eigenvalue weighted by Crippen LogP contribution is 2.15. The van der Waals surface area contributed by atoms with E-state index in [1.54, 1.807) is 14.0 Å². The first-order valence-corrected chi connectivity index (χ1v) is 12.9. The fourth-order valence-electron chi connectivity index (χ4n) is 4.64. The highest BCUT2D eigenvalue weighted by molar-refractivity contribution is 5.96. The number of piperazine rings is 1. The van der Waals surface area contributed by atoms with E-state index < -0.39 is 35.7 Å². The van der Waals surface area contributed by atoms with Gasteiger partial charge in [0, 0.05) is 26.2 Å². The van der Waals surface area contributed by atoms with Gasteiger partial charge in [0.05, 0.1) is 12.1 Å². The topological polar surface area (TPSA) is 102 Å². The number of aliphatic hydroxyl groups excluding tert-OH is 1. The minimum atomic E-state index is -1.10. The minimum Gasteiger partial charge on any atom is -0.390 e. The number of aliphatic hydroxyl groups is 1. The summed E-state index contributed by atoms with van der Waals surface area (Å²) in [4.78, 5) is 40.6. The average molecular weight is 531 g/mol. The molecule has 0 spiro atoms. The molecule has 2 aromatic carbocycles. The molecule has 2 aromatic rings. The maximum absolute atomic E-state index is 13.8. The van der Waals surface area contributed by atoms with Gasteiger partial charge in [-0.15, -0.1) is 0 Å². The van der Waals surface area contributed by atoms with Crippen molar-refractivity contribution in [3.63, 3.8) is 0 Å². The molecule has 206 valence electrons. The van der Waals surface area contributed by atoms with Gasteiger partial charge < -0.3 is 25.5 Å². The van der Waals surface area contributed by atoms with Crippen LogP contribution >= 0.6 is 0 Å². The number of nitrogens with one attached hydrogen (secondary N) is 2. The van der Waals surface area contributed by atoms with Crippen molar-refractivity contribution >= 4 is 17.7 Å². The van der Waals surface area contributed by atoms with Crippen LogP contribution in [0.25, 0.3) is 0 Å². The third-order valence-corrected chi connectivity index (χ3v) is 6.78. The number of carbonyl (C=O) groups is 3. The summed E-state index contributed by atoms with van der Waals surface area (Å²) < 4.78 is 27.6. The third kappa shape index (κ3) is 7.82. The fraction of sp³-hybridized carbons (Fsp3) is 0.464. The van der Waals surface area contributed by atoms with Gasteiger partial charge in [-0.25, -0.2) is 8.78 Å². The lowest BCUT2D eigenvalue weighted by molar-refractivity contribution is -0.155. The first kappa shape index (κ1) is 29.2. The summed E-state index contributed by atoms with van der Waals surface area (Å²) in [6, 6.07) is 9.51. The van der Waals surface area contributed by atoms with Crippen molar-refractivity contribution < 1.29 is 28.3 Å². The Morgan fingerprint density at radius 2 is 1.76 bits per heavy atom. The lowest BCUT2D eigenvalue weighted by Gasteiger charge is -2.37. The van der Waals surface area contributed by atoms with E-state index in [0.717, 1.165) is 30.2 Å². The maximum Gasteiger partial charge on any atom is 0.246 e. The molecule has 38 heavy (non-hydrogen) atoms. The van der Waals surface area contributed by atoms with E-state index in [-0.39, 0.29) is 43.4 Å². The molecule has 3 rings (SSSR count). The zero-order valence-corrected chi connectivity index (χ0v) is 22.0. The van der Waals surface area contributed by atoms with E-state index in [1.165, 1.54) is 15.4 Å². The van der Waals surface area contributed by atoms with Gasteiger partial charge in [-0.2, -0.15) is 0 Å². The van der Waals surface area contributed by atoms with Gasteiger partial charge >= 0.3 is 0 Å². The summed E-state index contributed by atoms with van der Waals surface area (Å²) in [5.41, 5.74) is 2.48. The van der Waals surface area contributed by atoms with Crippen molar-refractivity contribution in [1.29, 1.82) is 0 Å². The normalized spacial score (nSPS) is 17.5. The molecular weight excluding hydrogens is 494 g/mol. The summed E-state index contributed by atoms with van der Waals surface area (Å²) in [5.74, 6) is -2.71. The number of likely N-dealkylation sites (N-methyl/N-ethyl adjacent to an activating group) is 1. The Labute approximate surface area is 222 Å². The van der Waals surface area contributed by atoms with Crippen LogP contribution in [0.5, 0.6) is 0 Å². The smallest absolute Gasteiger partial charge is 0.246 e. The van der Waals surface area contributed by atoms with E-state index in [9.17, 15) is 28.3 Å². The van der Waals surface area contributed by atoms with Crippen LogP contribution in [0, 0.1) is 11.6 Å². The predicted octanol–water partition coefficient (Wildman–Crippen LogP) is 1.78. The Hall–Kier alpha value is -3.37. The molecule has 10 heteroatoms. The molecule has 0 bridgehead atoms. The Bertz CT molecular complexity index is 1130. The van der Waals surface area contributed by atoms with Crippen LogP contribution in [0.3, 0.4) is 0 Å². The van der Waals surface area contributed by atoms with Crippen molar-refractivity contribution in [2.75, 3.05) is 26.7 Å². The molecule has 1 saturated heterocycles. The van der Waals surface area contributed by atoms with Crippen molar-refractivity contribution in [1.82, 2.24) is 20.4 Å². The molecular formula is C28H36F2N4O4. The van der Waals surface area contributed by atoms with E-state index in [4.69, 9.17) is 0 Å². The monoisotopic (exact) mass is 530 g/mol. The zero-order chi connectivity index (χ0) is 27.8. The molecule has 0 unspecified atom stereocenters. The summed E-state index contributed by atoms with van der Waals surface area (Å²) >= 11 is 0. The number of carbonyl (C=O) groups excluding carboxylic acids is 3. The number of nitrogens with zero attached hydrogens (tertiary/aromatic N) is 2. The van der Waals surface area contributed by atoms with Crippen LogP contribution in [0.2, 0.25) is 0 Å². The number of rotatable bonds is 12. The Morgan fingerprint density at radius 3 is 2.42 bits per heavy atom. The standard InChI is InChI=1S/C28H36F2N4O4/c1-4-18-7-6-8-19(9-18)14-31-15-25(35)23(12-20-10-21(29)13-22(30)11-20)32-26(36)16-34-17-27(37)33(3)24(5-2)28(34)38/h6-11,13,23-25,31,35H,4-5,12,14-17H2,1-3H3,(H,32,36)/t23-,24-,25+/m0/s1. The first-order valence-electron chi connectivity index (χ1n) is 12.9. The second kappa shape index (κ2) is 13.4. The molecule has 8 nitrogen and oxygen atoms in total. The van der Waals surface area contributed by atoms with E-state index in [0.29, 0.717) is 13.0 Å². The highest BCUT2D eigenvalue weighted by atomic mass is 19.1. The van der Waals surface area contributed by atoms with Crippen LogP contribution in [-0.2, 0) is 33.8 Å². The van der Waals surface area contributed by atoms with Gasteiger partial charge in [-0.05, 0) is 48.1 Å². The minimum absolute atomic E-state index is 0.0399. The Kier molecular flexibility index (Phi) is 10.3. The first-order chi connectivity index (χ1) is 18.1. The van der Waals surface area contributed by atoms with Crippen molar-refractivity contribution in [3.05, 3.63) is 70.8 Å². The second-order valence-corrected chi connectivity index (χ2v) is 9.65. The van der Waals surface area contributed by atoms with Gasteiger partial charge in [0.15, 0.2) is 0 Å². The summed E-state index contributed by atoms with van der Waals surface area (Å²) in [6.07, 6.45) is 0.169. The van der Waals surface area contributed by atoms with Crippen LogP contribution in [0.4, 0.5) is 8.78 Å². The second-order valence-electron chi connectivity index (χ2n) is 9.65. The SMILES string of the molecule is CCc1cccc(CNC[C@@H](O)[C@H](Cc2cc(F)cc(F)c2)NC(=O)CN2CC(=O)N(C)[C@@H](CC)C2=O)c1. The number of aryl methyl sites for hydroxylation is 1. The zero-order valence-electron chi connectivity index (χ0n) is 22.0. The van der Waals surface area contributed by atoms with Crippen LogP contribution in [-0.4, -0.2) is 77.5 Å². The van der Waals surface area contributed by atoms with E-state index >= 15 is 0 Å². The van der Waals surface area contributed by atoms with Gasteiger partial charge in [0.1, 0.15) is 30.8 Å². The molecule has 0 aliphatic carbocycles. The van der Waals surface area contributed by atoms with Crippen molar-refractivity contribution in [2.45, 2.75) is 57.8 Å². The summed E-state index contributed by atoms with van der Waals surface area (Å²) in [6.45, 7) is 3.84. The lowest BCUT2D eigenvalue weighted by Crippen LogP contribution is -2.60. The van der Waals surface area contributed by atoms with Crippen molar-refractivity contribution in [2.24, 2.45) is 0 Å². The average Bonchev–Trinajstić information content (AvgIpc) is 2.86. The molecule has 0 saturated carbocycles. The fourth-order valence-corrected chi connectivity index (χ4v) is 4.64. The van der Waals surface area contributed by atoms with Crippen LogP contribution in [0.1, 0.15) is 37.0 Å². The van der Waals surface area contributed by atoms with Crippen LogP contribution in [0.15, 0.2) is 42.5 Å². The van der Waals surface area contributed by atoms with Gasteiger partial charge in [0.2, 0.25) is 17.7 Å². The van der Waals surface area contributed by atoms with E-state index in [2.05, 4.69) is 23.6 Å². The largest absolute Gasteiger partial charge is 0.390 e. The van der Waals surface area contributed by atoms with Gasteiger partial charge in [-0.1, -0.05) is 38.1 Å². The molecule has 3 N–H and O–H groups in total. The summed E-state index contributed by atoms with van der Waals surface area (Å²) in [5, 5.41) is 16.8. The van der Waals surface area contributed by atoms with E-state index in [1.807, 2.05) is 18.2 Å². The maximum atomic E-state index is 13.8. The molecule has 1 aliphatic rings. The highest BCUT2D eigenvalue weighted by Gasteiger charge is 2.37. The number of benzene rings is 2. The molecule has 1 aliphatic heterocycles. The number of amides is 3. The lowest BCUT2D eigenvalue weighted by atomic mass is 10.00.